The molecule has 6 heteroatoms. The first-order valence-electron chi connectivity index (χ1n) is 7.04. The third kappa shape index (κ3) is 3.95. The Morgan fingerprint density at radius 1 is 1.45 bits per heavy atom. The normalized spacial score (nSPS) is 20.0. The molecule has 1 fully saturated rings. The number of benzene rings is 1. The molecule has 4 nitrogen and oxygen atoms in total. The molecule has 1 aliphatic rings. The smallest absolute Gasteiger partial charge is 0.242 e. The first-order chi connectivity index (χ1) is 9.53. The number of piperidine rings is 1. The lowest BCUT2D eigenvalue weighted by molar-refractivity contribution is 0.428. The lowest BCUT2D eigenvalue weighted by atomic mass is 10.1. The zero-order chi connectivity index (χ0) is 14.6. The molecule has 1 heterocycles. The van der Waals surface area contributed by atoms with Crippen LogP contribution in [0.1, 0.15) is 31.7 Å². The predicted molar refractivity (Wildman–Crippen MR) is 81.7 cm³/mol. The van der Waals surface area contributed by atoms with Crippen molar-refractivity contribution >= 4 is 21.6 Å². The SMILES string of the molecule is CCCc1ccc(Cl)c(S(=O)(=O)NC2CCCNC2)c1. The van der Waals surface area contributed by atoms with Gasteiger partial charge in [0, 0.05) is 12.6 Å². The Hall–Kier alpha value is -0.620. The first kappa shape index (κ1) is 15.8. The van der Waals surface area contributed by atoms with Crippen LogP contribution in [0, 0.1) is 0 Å². The van der Waals surface area contributed by atoms with Gasteiger partial charge in [-0.3, -0.25) is 0 Å². The van der Waals surface area contributed by atoms with Gasteiger partial charge in [-0.1, -0.05) is 31.0 Å². The second-order valence-electron chi connectivity index (χ2n) is 5.18. The average molecular weight is 317 g/mol. The van der Waals surface area contributed by atoms with Gasteiger partial charge in [0.25, 0.3) is 0 Å². The second-order valence-corrected chi connectivity index (χ2v) is 7.27. The Morgan fingerprint density at radius 2 is 2.25 bits per heavy atom. The van der Waals surface area contributed by atoms with Gasteiger partial charge in [0.1, 0.15) is 4.90 Å². The third-order valence-electron chi connectivity index (χ3n) is 3.44. The molecule has 0 aromatic heterocycles. The summed E-state index contributed by atoms with van der Waals surface area (Å²) >= 11 is 6.06. The number of rotatable bonds is 5. The van der Waals surface area contributed by atoms with Crippen LogP contribution >= 0.6 is 11.6 Å². The summed E-state index contributed by atoms with van der Waals surface area (Å²) < 4.78 is 27.7. The van der Waals surface area contributed by atoms with Gasteiger partial charge in [0.05, 0.1) is 5.02 Å². The fraction of sp³-hybridized carbons (Fsp3) is 0.571. The number of halogens is 1. The van der Waals surface area contributed by atoms with Crippen LogP contribution in [-0.4, -0.2) is 27.5 Å². The predicted octanol–water partition coefficient (Wildman–Crippen LogP) is 2.32. The zero-order valence-electron chi connectivity index (χ0n) is 11.7. The van der Waals surface area contributed by atoms with E-state index in [1.807, 2.05) is 6.07 Å². The molecular formula is C14H21ClN2O2S. The minimum absolute atomic E-state index is 0.0559. The maximum atomic E-state index is 12.5. The van der Waals surface area contributed by atoms with Crippen molar-refractivity contribution in [1.82, 2.24) is 10.0 Å². The molecule has 0 amide bonds. The van der Waals surface area contributed by atoms with Crippen molar-refractivity contribution in [1.29, 1.82) is 0 Å². The lowest BCUT2D eigenvalue weighted by Crippen LogP contribution is -2.45. The van der Waals surface area contributed by atoms with Gasteiger partial charge in [-0.15, -0.1) is 0 Å². The largest absolute Gasteiger partial charge is 0.315 e. The molecule has 1 saturated heterocycles. The summed E-state index contributed by atoms with van der Waals surface area (Å²) in [6, 6.07) is 5.18. The Balaban J connectivity index is 2.21. The molecule has 0 bridgehead atoms. The summed E-state index contributed by atoms with van der Waals surface area (Å²) in [7, 11) is -3.55. The van der Waals surface area contributed by atoms with Crippen LogP contribution in [-0.2, 0) is 16.4 Å². The summed E-state index contributed by atoms with van der Waals surface area (Å²) in [6.07, 6.45) is 3.67. The Kier molecular flexibility index (Phi) is 5.43. The van der Waals surface area contributed by atoms with Crippen molar-refractivity contribution in [3.63, 3.8) is 0 Å². The molecule has 112 valence electrons. The fourth-order valence-corrected chi connectivity index (χ4v) is 4.25. The van der Waals surface area contributed by atoms with Crippen LogP contribution < -0.4 is 10.0 Å². The zero-order valence-corrected chi connectivity index (χ0v) is 13.2. The maximum Gasteiger partial charge on any atom is 0.242 e. The van der Waals surface area contributed by atoms with Crippen molar-refractivity contribution in [3.8, 4) is 0 Å². The van der Waals surface area contributed by atoms with Crippen LogP contribution in [0.15, 0.2) is 23.1 Å². The van der Waals surface area contributed by atoms with Crippen molar-refractivity contribution in [2.75, 3.05) is 13.1 Å². The number of nitrogens with one attached hydrogen (secondary N) is 2. The summed E-state index contributed by atoms with van der Waals surface area (Å²) in [5, 5.41) is 3.47. The summed E-state index contributed by atoms with van der Waals surface area (Å²) in [4.78, 5) is 0.190. The molecule has 1 aromatic rings. The molecule has 0 radical (unpaired) electrons. The molecule has 1 unspecified atom stereocenters. The number of hydrogen-bond acceptors (Lipinski definition) is 3. The van der Waals surface area contributed by atoms with E-state index in [-0.39, 0.29) is 16.0 Å². The summed E-state index contributed by atoms with van der Waals surface area (Å²) in [5.41, 5.74) is 0.999. The molecule has 0 aliphatic carbocycles. The summed E-state index contributed by atoms with van der Waals surface area (Å²) in [6.45, 7) is 3.69. The summed E-state index contributed by atoms with van der Waals surface area (Å²) in [5.74, 6) is 0. The molecule has 2 N–H and O–H groups in total. The van der Waals surface area contributed by atoms with E-state index in [2.05, 4.69) is 17.0 Å². The van der Waals surface area contributed by atoms with E-state index in [0.29, 0.717) is 6.54 Å². The van der Waals surface area contributed by atoms with Gasteiger partial charge in [0.15, 0.2) is 0 Å². The number of hydrogen-bond donors (Lipinski definition) is 2. The van der Waals surface area contributed by atoms with Crippen LogP contribution in [0.25, 0.3) is 0 Å². The van der Waals surface area contributed by atoms with Crippen molar-refractivity contribution in [2.45, 2.75) is 43.5 Å². The van der Waals surface area contributed by atoms with E-state index < -0.39 is 10.0 Å². The standard InChI is InChI=1S/C14H21ClN2O2S/c1-2-4-11-6-7-13(15)14(9-11)20(18,19)17-12-5-3-8-16-10-12/h6-7,9,12,16-17H,2-5,8,10H2,1H3. The molecular weight excluding hydrogens is 296 g/mol. The van der Waals surface area contributed by atoms with Crippen LogP contribution in [0.3, 0.4) is 0 Å². The number of sulfonamides is 1. The Morgan fingerprint density at radius 3 is 2.90 bits per heavy atom. The molecule has 1 atom stereocenters. The highest BCUT2D eigenvalue weighted by Crippen LogP contribution is 2.24. The minimum Gasteiger partial charge on any atom is -0.315 e. The molecule has 1 aromatic carbocycles. The third-order valence-corrected chi connectivity index (χ3v) is 5.44. The van der Waals surface area contributed by atoms with E-state index in [4.69, 9.17) is 11.6 Å². The second kappa shape index (κ2) is 6.89. The molecule has 2 rings (SSSR count). The molecule has 20 heavy (non-hydrogen) atoms. The molecule has 0 spiro atoms. The van der Waals surface area contributed by atoms with Crippen molar-refractivity contribution in [3.05, 3.63) is 28.8 Å². The maximum absolute atomic E-state index is 12.5. The fourth-order valence-electron chi connectivity index (χ4n) is 2.43. The highest BCUT2D eigenvalue weighted by molar-refractivity contribution is 7.89. The van der Waals surface area contributed by atoms with Crippen molar-refractivity contribution < 1.29 is 8.42 Å². The van der Waals surface area contributed by atoms with Gasteiger partial charge in [-0.2, -0.15) is 0 Å². The number of aryl methyl sites for hydroxylation is 1. The first-order valence-corrected chi connectivity index (χ1v) is 8.90. The Bertz CT molecular complexity index is 554. The molecule has 0 saturated carbocycles. The van der Waals surface area contributed by atoms with Gasteiger partial charge in [-0.25, -0.2) is 13.1 Å². The highest BCUT2D eigenvalue weighted by atomic mass is 35.5. The quantitative estimate of drug-likeness (QED) is 0.876. The minimum atomic E-state index is -3.55. The van der Waals surface area contributed by atoms with Crippen LogP contribution in [0.4, 0.5) is 0 Å². The topological polar surface area (TPSA) is 58.2 Å². The average Bonchev–Trinajstić information content (AvgIpc) is 2.42. The van der Waals surface area contributed by atoms with E-state index in [1.165, 1.54) is 0 Å². The molecule has 1 aliphatic heterocycles. The van der Waals surface area contributed by atoms with E-state index >= 15 is 0 Å². The van der Waals surface area contributed by atoms with E-state index in [9.17, 15) is 8.42 Å². The van der Waals surface area contributed by atoms with Gasteiger partial charge in [0.2, 0.25) is 10.0 Å². The van der Waals surface area contributed by atoms with Crippen LogP contribution in [0.5, 0.6) is 0 Å². The van der Waals surface area contributed by atoms with Crippen LogP contribution in [0.2, 0.25) is 5.02 Å². The van der Waals surface area contributed by atoms with E-state index in [1.54, 1.807) is 12.1 Å². The lowest BCUT2D eigenvalue weighted by Gasteiger charge is -2.24. The van der Waals surface area contributed by atoms with Gasteiger partial charge < -0.3 is 5.32 Å². The highest BCUT2D eigenvalue weighted by Gasteiger charge is 2.23. The van der Waals surface area contributed by atoms with Gasteiger partial charge in [-0.05, 0) is 43.5 Å². The van der Waals surface area contributed by atoms with Crippen molar-refractivity contribution in [2.24, 2.45) is 0 Å². The monoisotopic (exact) mass is 316 g/mol. The van der Waals surface area contributed by atoms with E-state index in [0.717, 1.165) is 37.8 Å². The van der Waals surface area contributed by atoms with Gasteiger partial charge >= 0.3 is 0 Å². The Labute approximate surface area is 126 Å².